The Kier molecular flexibility index (Phi) is 7.26. The number of amides is 2. The third-order valence-electron chi connectivity index (χ3n) is 6.52. The Morgan fingerprint density at radius 3 is 2.38 bits per heavy atom. The van der Waals surface area contributed by atoms with Crippen LogP contribution in [0, 0.1) is 0 Å². The van der Waals surface area contributed by atoms with Crippen LogP contribution >= 0.6 is 0 Å². The Labute approximate surface area is 224 Å². The first-order chi connectivity index (χ1) is 18.9. The van der Waals surface area contributed by atoms with Crippen LogP contribution in [0.4, 0.5) is 16.4 Å². The van der Waals surface area contributed by atoms with Gasteiger partial charge < -0.3 is 25.4 Å². The molecular formula is C29H27N5O5. The number of para-hydroxylation sites is 1. The third kappa shape index (κ3) is 5.59. The summed E-state index contributed by atoms with van der Waals surface area (Å²) >= 11 is 0. The highest BCUT2D eigenvalue weighted by atomic mass is 16.5. The molecule has 1 aliphatic heterocycles. The molecule has 39 heavy (non-hydrogen) atoms. The largest absolute Gasteiger partial charge is 0.497 e. The monoisotopic (exact) mass is 525 g/mol. The second kappa shape index (κ2) is 11.1. The summed E-state index contributed by atoms with van der Waals surface area (Å²) in [5, 5.41) is 15.2. The number of hydrogen-bond acceptors (Lipinski definition) is 6. The van der Waals surface area contributed by atoms with Crippen molar-refractivity contribution >= 4 is 23.6 Å². The van der Waals surface area contributed by atoms with E-state index in [1.807, 2.05) is 54.6 Å². The number of ether oxygens (including phenoxy) is 1. The minimum absolute atomic E-state index is 0.103. The summed E-state index contributed by atoms with van der Waals surface area (Å²) < 4.78 is 6.76. The number of urea groups is 1. The minimum Gasteiger partial charge on any atom is -0.497 e. The standard InChI is InChI=1S/C29H27N5O5/c1-39-23-13-7-19(8-14-23)17-30-28-32-25-15-16-33(29(38)31-21-11-9-20(10-12-21)27(36)37)18-24(25)26(35)34(28)22-5-3-2-4-6-22/h2-14H,15-18H2,1H3,(H,30,32)(H,31,38)(H,36,37). The van der Waals surface area contributed by atoms with Crippen molar-refractivity contribution in [3.05, 3.63) is 112 Å². The summed E-state index contributed by atoms with van der Waals surface area (Å²) in [5.41, 5.74) is 3.12. The molecule has 10 heteroatoms. The van der Waals surface area contributed by atoms with E-state index in [4.69, 9.17) is 14.8 Å². The Hall–Kier alpha value is -5.12. The van der Waals surface area contributed by atoms with Crippen molar-refractivity contribution in [2.75, 3.05) is 24.3 Å². The number of methoxy groups -OCH3 is 1. The van der Waals surface area contributed by atoms with Gasteiger partial charge in [-0.1, -0.05) is 30.3 Å². The molecule has 1 aromatic heterocycles. The number of carbonyl (C=O) groups is 2. The van der Waals surface area contributed by atoms with Gasteiger partial charge in [0.05, 0.1) is 36.2 Å². The first-order valence-electron chi connectivity index (χ1n) is 12.4. The van der Waals surface area contributed by atoms with Crippen LogP contribution in [0.2, 0.25) is 0 Å². The molecule has 0 bridgehead atoms. The van der Waals surface area contributed by atoms with Crippen LogP contribution in [-0.2, 0) is 19.5 Å². The molecule has 0 spiro atoms. The van der Waals surface area contributed by atoms with Crippen molar-refractivity contribution in [1.29, 1.82) is 0 Å². The highest BCUT2D eigenvalue weighted by molar-refractivity contribution is 5.91. The van der Waals surface area contributed by atoms with Crippen molar-refractivity contribution in [3.8, 4) is 11.4 Å². The fourth-order valence-corrected chi connectivity index (χ4v) is 4.41. The zero-order chi connectivity index (χ0) is 27.4. The Morgan fingerprint density at radius 2 is 1.72 bits per heavy atom. The van der Waals surface area contributed by atoms with Crippen molar-refractivity contribution in [1.82, 2.24) is 14.5 Å². The smallest absolute Gasteiger partial charge is 0.335 e. The van der Waals surface area contributed by atoms with E-state index in [9.17, 15) is 14.4 Å². The molecule has 5 rings (SSSR count). The first-order valence-corrected chi connectivity index (χ1v) is 12.4. The fraction of sp³-hybridized carbons (Fsp3) is 0.172. The van der Waals surface area contributed by atoms with E-state index in [2.05, 4.69) is 10.6 Å². The number of hydrogen-bond donors (Lipinski definition) is 3. The molecule has 0 aliphatic carbocycles. The van der Waals surface area contributed by atoms with Crippen molar-refractivity contribution in [2.24, 2.45) is 0 Å². The number of carboxylic acid groups (broad SMARTS) is 1. The SMILES string of the molecule is COc1ccc(CNc2nc3c(c(=O)n2-c2ccccc2)CN(C(=O)Nc2ccc(C(=O)O)cc2)CC3)cc1. The maximum Gasteiger partial charge on any atom is 0.335 e. The molecule has 2 heterocycles. The average Bonchev–Trinajstić information content (AvgIpc) is 2.97. The predicted molar refractivity (Wildman–Crippen MR) is 147 cm³/mol. The van der Waals surface area contributed by atoms with Crippen LogP contribution in [0.15, 0.2) is 83.7 Å². The zero-order valence-corrected chi connectivity index (χ0v) is 21.3. The number of nitrogens with zero attached hydrogens (tertiary/aromatic N) is 3. The highest BCUT2D eigenvalue weighted by Gasteiger charge is 2.27. The van der Waals surface area contributed by atoms with Crippen molar-refractivity contribution in [2.45, 2.75) is 19.5 Å². The van der Waals surface area contributed by atoms with E-state index in [0.29, 0.717) is 48.1 Å². The van der Waals surface area contributed by atoms with Crippen LogP contribution in [0.3, 0.4) is 0 Å². The number of rotatable bonds is 7. The molecule has 0 unspecified atom stereocenters. The number of aromatic nitrogens is 2. The van der Waals surface area contributed by atoms with Gasteiger partial charge in [0.1, 0.15) is 5.75 Å². The molecule has 0 saturated carbocycles. The lowest BCUT2D eigenvalue weighted by Crippen LogP contribution is -2.43. The topological polar surface area (TPSA) is 126 Å². The Balaban J connectivity index is 1.40. The van der Waals surface area contributed by atoms with E-state index in [-0.39, 0.29) is 23.7 Å². The normalized spacial score (nSPS) is 12.4. The minimum atomic E-state index is -1.04. The number of aromatic carboxylic acids is 1. The first kappa shape index (κ1) is 25.5. The third-order valence-corrected chi connectivity index (χ3v) is 6.52. The molecule has 0 saturated heterocycles. The van der Waals surface area contributed by atoms with Gasteiger partial charge in [-0.15, -0.1) is 0 Å². The number of carbonyl (C=O) groups excluding carboxylic acids is 1. The number of carboxylic acids is 1. The van der Waals surface area contributed by atoms with Crippen LogP contribution in [0.1, 0.15) is 27.2 Å². The van der Waals surface area contributed by atoms with Gasteiger partial charge in [0.25, 0.3) is 5.56 Å². The van der Waals surface area contributed by atoms with E-state index < -0.39 is 5.97 Å². The molecule has 10 nitrogen and oxygen atoms in total. The molecule has 3 aromatic carbocycles. The summed E-state index contributed by atoms with van der Waals surface area (Å²) in [7, 11) is 1.62. The summed E-state index contributed by atoms with van der Waals surface area (Å²) in [6, 6.07) is 22.4. The molecule has 3 N–H and O–H groups in total. The van der Waals surface area contributed by atoms with E-state index >= 15 is 0 Å². The number of nitrogens with one attached hydrogen (secondary N) is 2. The summed E-state index contributed by atoms with van der Waals surface area (Å²) in [6.45, 7) is 0.939. The fourth-order valence-electron chi connectivity index (χ4n) is 4.41. The Morgan fingerprint density at radius 1 is 1.00 bits per heavy atom. The van der Waals surface area contributed by atoms with Crippen molar-refractivity contribution in [3.63, 3.8) is 0 Å². The van der Waals surface area contributed by atoms with Gasteiger partial charge in [-0.2, -0.15) is 0 Å². The van der Waals surface area contributed by atoms with Crippen LogP contribution in [0.25, 0.3) is 5.69 Å². The highest BCUT2D eigenvalue weighted by Crippen LogP contribution is 2.21. The number of benzene rings is 3. The van der Waals surface area contributed by atoms with E-state index in [0.717, 1.165) is 11.3 Å². The molecule has 198 valence electrons. The quantitative estimate of drug-likeness (QED) is 0.331. The molecule has 1 aliphatic rings. The summed E-state index contributed by atoms with van der Waals surface area (Å²) in [4.78, 5) is 44.2. The lowest BCUT2D eigenvalue weighted by atomic mass is 10.1. The van der Waals surface area contributed by atoms with Crippen molar-refractivity contribution < 1.29 is 19.4 Å². The molecule has 0 radical (unpaired) electrons. The van der Waals surface area contributed by atoms with E-state index in [1.165, 1.54) is 28.8 Å². The van der Waals surface area contributed by atoms with Gasteiger partial charge in [-0.05, 0) is 54.1 Å². The van der Waals surface area contributed by atoms with Gasteiger partial charge in [0.15, 0.2) is 0 Å². The van der Waals surface area contributed by atoms with Gasteiger partial charge in [0.2, 0.25) is 5.95 Å². The van der Waals surface area contributed by atoms with Gasteiger partial charge in [-0.25, -0.2) is 19.1 Å². The number of fused-ring (bicyclic) bond motifs is 1. The lowest BCUT2D eigenvalue weighted by molar-refractivity contribution is 0.0697. The van der Waals surface area contributed by atoms with Crippen LogP contribution in [-0.4, -0.2) is 45.2 Å². The summed E-state index contributed by atoms with van der Waals surface area (Å²) in [6.07, 6.45) is 0.419. The summed E-state index contributed by atoms with van der Waals surface area (Å²) in [5.74, 6) is 0.149. The Bertz CT molecular complexity index is 1550. The lowest BCUT2D eigenvalue weighted by Gasteiger charge is -2.29. The maximum absolute atomic E-state index is 13.8. The molecule has 4 aromatic rings. The predicted octanol–water partition coefficient (Wildman–Crippen LogP) is 4.14. The maximum atomic E-state index is 13.8. The average molecular weight is 526 g/mol. The van der Waals surface area contributed by atoms with Gasteiger partial charge in [0, 0.05) is 25.2 Å². The van der Waals surface area contributed by atoms with Gasteiger partial charge in [-0.3, -0.25) is 4.79 Å². The van der Waals surface area contributed by atoms with Gasteiger partial charge >= 0.3 is 12.0 Å². The van der Waals surface area contributed by atoms with Crippen LogP contribution in [0.5, 0.6) is 5.75 Å². The molecule has 2 amide bonds. The molecule has 0 fully saturated rings. The number of anilines is 2. The molecular weight excluding hydrogens is 498 g/mol. The second-order valence-electron chi connectivity index (χ2n) is 9.02. The van der Waals surface area contributed by atoms with Crippen LogP contribution < -0.4 is 20.9 Å². The van der Waals surface area contributed by atoms with E-state index in [1.54, 1.807) is 12.0 Å². The molecule has 0 atom stereocenters. The second-order valence-corrected chi connectivity index (χ2v) is 9.02. The zero-order valence-electron chi connectivity index (χ0n) is 21.3.